The third-order valence-corrected chi connectivity index (χ3v) is 6.56. The molecule has 0 aromatic carbocycles. The Morgan fingerprint density at radius 3 is 2.03 bits per heavy atom. The maximum Gasteiger partial charge on any atom is 0.312 e. The van der Waals surface area contributed by atoms with Gasteiger partial charge < -0.3 is 10.8 Å². The van der Waals surface area contributed by atoms with E-state index in [0.717, 1.165) is 37.0 Å². The molecule has 0 bridgehead atoms. The lowest BCUT2D eigenvalue weighted by Crippen LogP contribution is -2.12. The zero-order valence-corrected chi connectivity index (χ0v) is 20.4. The van der Waals surface area contributed by atoms with Gasteiger partial charge in [-0.1, -0.05) is 88.7 Å². The first kappa shape index (κ1) is 27.3. The van der Waals surface area contributed by atoms with Gasteiger partial charge in [-0.3, -0.25) is 9.59 Å². The Kier molecular flexibility index (Phi) is 14.9. The third-order valence-electron chi connectivity index (χ3n) is 5.62. The molecule has 1 unspecified atom stereocenters. The predicted molar refractivity (Wildman–Crippen MR) is 131 cm³/mol. The van der Waals surface area contributed by atoms with E-state index in [2.05, 4.69) is 24.1 Å². The molecule has 6 heteroatoms. The molecule has 0 saturated heterocycles. The van der Waals surface area contributed by atoms with Crippen molar-refractivity contribution in [2.45, 2.75) is 116 Å². The lowest BCUT2D eigenvalue weighted by Gasteiger charge is -2.06. The first-order valence-corrected chi connectivity index (χ1v) is 13.0. The van der Waals surface area contributed by atoms with Gasteiger partial charge in [0.25, 0.3) is 0 Å². The molecule has 1 rings (SSSR count). The maximum atomic E-state index is 12.4. The molecule has 31 heavy (non-hydrogen) atoms. The van der Waals surface area contributed by atoms with Crippen LogP contribution in [0.2, 0.25) is 0 Å². The summed E-state index contributed by atoms with van der Waals surface area (Å²) in [4.78, 5) is 27.9. The number of Topliss-reactive ketones (excluding diaryl/α,β-unsaturated/α-hetero) is 1. The van der Waals surface area contributed by atoms with Crippen LogP contribution in [0.1, 0.15) is 132 Å². The van der Waals surface area contributed by atoms with E-state index in [0.29, 0.717) is 28.5 Å². The second-order valence-corrected chi connectivity index (χ2v) is 9.36. The van der Waals surface area contributed by atoms with E-state index in [1.54, 1.807) is 6.92 Å². The summed E-state index contributed by atoms with van der Waals surface area (Å²) in [6, 6.07) is 0. The third kappa shape index (κ3) is 11.5. The first-order chi connectivity index (χ1) is 15.0. The van der Waals surface area contributed by atoms with Crippen LogP contribution in [0.15, 0.2) is 12.2 Å². The number of aliphatic carboxylic acids is 1. The second-order valence-electron chi connectivity index (χ2n) is 8.33. The van der Waals surface area contributed by atoms with Crippen LogP contribution < -0.4 is 5.73 Å². The van der Waals surface area contributed by atoms with E-state index < -0.39 is 11.9 Å². The van der Waals surface area contributed by atoms with Crippen LogP contribution in [-0.4, -0.2) is 21.8 Å². The second kappa shape index (κ2) is 16.9. The van der Waals surface area contributed by atoms with Crippen LogP contribution in [-0.2, 0) is 4.79 Å². The molecule has 0 aliphatic carbocycles. The van der Waals surface area contributed by atoms with E-state index in [1.165, 1.54) is 57.8 Å². The molecule has 0 saturated carbocycles. The zero-order valence-electron chi connectivity index (χ0n) is 19.5. The van der Waals surface area contributed by atoms with E-state index in [4.69, 9.17) is 5.73 Å². The Balaban J connectivity index is 2.10. The molecule has 1 heterocycles. The minimum absolute atomic E-state index is 0.0270. The number of aromatic nitrogens is 1. The van der Waals surface area contributed by atoms with Crippen molar-refractivity contribution in [1.29, 1.82) is 0 Å². The molecule has 1 aromatic heterocycles. The van der Waals surface area contributed by atoms with Crippen molar-refractivity contribution < 1.29 is 14.7 Å². The molecular formula is C25H42N2O3S. The number of carbonyl (C=O) groups is 2. The molecule has 0 fully saturated rings. The van der Waals surface area contributed by atoms with Crippen molar-refractivity contribution in [1.82, 2.24) is 4.98 Å². The van der Waals surface area contributed by atoms with Crippen molar-refractivity contribution in [2.75, 3.05) is 5.73 Å². The highest BCUT2D eigenvalue weighted by Crippen LogP contribution is 2.30. The van der Waals surface area contributed by atoms with Crippen LogP contribution in [0.4, 0.5) is 5.00 Å². The highest BCUT2D eigenvalue weighted by atomic mass is 32.1. The number of nitrogen functional groups attached to an aromatic ring is 1. The molecule has 1 atom stereocenters. The number of carboxylic acid groups (broad SMARTS) is 1. The molecule has 0 aliphatic rings. The molecule has 3 N–H and O–H groups in total. The Morgan fingerprint density at radius 2 is 1.48 bits per heavy atom. The van der Waals surface area contributed by atoms with Gasteiger partial charge in [0.2, 0.25) is 0 Å². The molecule has 5 nitrogen and oxygen atoms in total. The summed E-state index contributed by atoms with van der Waals surface area (Å²) >= 11 is 1.12. The van der Waals surface area contributed by atoms with Crippen molar-refractivity contribution in [3.05, 3.63) is 22.9 Å². The quantitative estimate of drug-likeness (QED) is 0.129. The lowest BCUT2D eigenvalue weighted by molar-refractivity contribution is -0.138. The van der Waals surface area contributed by atoms with Crippen molar-refractivity contribution in [3.63, 3.8) is 0 Å². The van der Waals surface area contributed by atoms with Crippen molar-refractivity contribution >= 4 is 28.1 Å². The van der Waals surface area contributed by atoms with Crippen LogP contribution >= 0.6 is 11.3 Å². The van der Waals surface area contributed by atoms with Gasteiger partial charge >= 0.3 is 5.97 Å². The first-order valence-electron chi connectivity index (χ1n) is 12.2. The van der Waals surface area contributed by atoms with Crippen molar-refractivity contribution in [2.24, 2.45) is 0 Å². The van der Waals surface area contributed by atoms with Crippen LogP contribution in [0.3, 0.4) is 0 Å². The van der Waals surface area contributed by atoms with Gasteiger partial charge in [-0.15, -0.1) is 0 Å². The summed E-state index contributed by atoms with van der Waals surface area (Å²) in [5.41, 5.74) is 6.25. The Morgan fingerprint density at radius 1 is 0.935 bits per heavy atom. The molecular weight excluding hydrogens is 408 g/mol. The van der Waals surface area contributed by atoms with Crippen LogP contribution in [0.5, 0.6) is 0 Å². The Bertz CT molecular complexity index is 670. The number of thiazole rings is 1. The number of hydrogen-bond acceptors (Lipinski definition) is 5. The largest absolute Gasteiger partial charge is 0.481 e. The number of anilines is 1. The smallest absolute Gasteiger partial charge is 0.312 e. The molecule has 0 radical (unpaired) electrons. The fraction of sp³-hybridized carbons (Fsp3) is 0.720. The molecule has 0 spiro atoms. The average molecular weight is 451 g/mol. The number of hydrogen-bond donors (Lipinski definition) is 2. The molecule has 176 valence electrons. The maximum absolute atomic E-state index is 12.4. The van der Waals surface area contributed by atoms with Crippen LogP contribution in [0, 0.1) is 0 Å². The summed E-state index contributed by atoms with van der Waals surface area (Å²) in [5, 5.41) is 9.97. The molecule has 1 aromatic rings. The number of allylic oxidation sites excluding steroid dienone is 2. The average Bonchev–Trinajstić information content (AvgIpc) is 3.12. The lowest BCUT2D eigenvalue weighted by atomic mass is 10.0. The van der Waals surface area contributed by atoms with Gasteiger partial charge in [-0.05, 0) is 38.5 Å². The fourth-order valence-corrected chi connectivity index (χ4v) is 4.52. The van der Waals surface area contributed by atoms with E-state index in [9.17, 15) is 14.7 Å². The van der Waals surface area contributed by atoms with Crippen molar-refractivity contribution in [3.8, 4) is 0 Å². The Hall–Kier alpha value is -1.69. The molecule has 0 aliphatic heterocycles. The monoisotopic (exact) mass is 450 g/mol. The van der Waals surface area contributed by atoms with E-state index in [1.807, 2.05) is 0 Å². The normalized spacial score (nSPS) is 12.5. The minimum atomic E-state index is -0.948. The highest BCUT2D eigenvalue weighted by Gasteiger charge is 2.25. The predicted octanol–water partition coefficient (Wildman–Crippen LogP) is 7.52. The van der Waals surface area contributed by atoms with E-state index in [-0.39, 0.29) is 5.78 Å². The number of unbranched alkanes of at least 4 members (excludes halogenated alkanes) is 11. The fourth-order valence-electron chi connectivity index (χ4n) is 3.66. The van der Waals surface area contributed by atoms with Gasteiger partial charge in [0, 0.05) is 6.42 Å². The SMILES string of the molecule is CCCCCCCCC=CCCCCCCCC(=O)c1nc(C(CC)C(=O)O)c(N)s1. The summed E-state index contributed by atoms with van der Waals surface area (Å²) in [6.07, 6.45) is 21.4. The molecule has 0 amide bonds. The van der Waals surface area contributed by atoms with Gasteiger partial charge in [-0.25, -0.2) is 4.98 Å². The summed E-state index contributed by atoms with van der Waals surface area (Å²) < 4.78 is 0. The number of rotatable bonds is 19. The number of nitrogens with two attached hydrogens (primary N) is 1. The standard InChI is InChI=1S/C25H42N2O3S/c1-3-5-6-7-8-9-10-11-12-13-14-15-16-17-18-19-21(28)24-27-22(23(26)31-24)20(4-2)25(29)30/h11-12,20H,3-10,13-19,26H2,1-2H3,(H,29,30). The van der Waals surface area contributed by atoms with E-state index >= 15 is 0 Å². The van der Waals surface area contributed by atoms with Gasteiger partial charge in [-0.2, -0.15) is 0 Å². The van der Waals surface area contributed by atoms with Gasteiger partial charge in [0.15, 0.2) is 10.8 Å². The van der Waals surface area contributed by atoms with Gasteiger partial charge in [0.05, 0.1) is 5.69 Å². The summed E-state index contributed by atoms with van der Waals surface area (Å²) in [7, 11) is 0. The number of ketones is 1. The van der Waals surface area contributed by atoms with Crippen LogP contribution in [0.25, 0.3) is 0 Å². The summed E-state index contributed by atoms with van der Waals surface area (Å²) in [6.45, 7) is 4.04. The minimum Gasteiger partial charge on any atom is -0.481 e. The number of carboxylic acids is 1. The number of nitrogens with zero attached hydrogens (tertiary/aromatic N) is 1. The number of carbonyl (C=O) groups excluding carboxylic acids is 1. The van der Waals surface area contributed by atoms with Gasteiger partial charge in [0.1, 0.15) is 10.9 Å². The zero-order chi connectivity index (χ0) is 22.9. The topological polar surface area (TPSA) is 93.3 Å². The summed E-state index contributed by atoms with van der Waals surface area (Å²) in [5.74, 6) is -1.71. The Labute approximate surface area is 192 Å². The highest BCUT2D eigenvalue weighted by molar-refractivity contribution is 7.17.